The molecular formula is C13H7N3O5. The fourth-order valence-corrected chi connectivity index (χ4v) is 1.86. The number of carbonyl (C=O) groups is 3. The Morgan fingerprint density at radius 3 is 2.24 bits per heavy atom. The highest BCUT2D eigenvalue weighted by atomic mass is 16.7. The number of carbonyl (C=O) groups excluding carboxylic acids is 3. The molecule has 1 aromatic heterocycles. The maximum Gasteiger partial charge on any atom is 0.381 e. The number of aromatic amines is 1. The van der Waals surface area contributed by atoms with Crippen molar-refractivity contribution in [2.75, 3.05) is 0 Å². The second kappa shape index (κ2) is 4.67. The number of hydrogen-bond acceptors (Lipinski definition) is 6. The smallest absolute Gasteiger partial charge is 0.323 e. The van der Waals surface area contributed by atoms with E-state index >= 15 is 0 Å². The third kappa shape index (κ3) is 2.08. The molecule has 2 heterocycles. The van der Waals surface area contributed by atoms with Crippen LogP contribution >= 0.6 is 0 Å². The molecule has 8 heteroatoms. The van der Waals surface area contributed by atoms with Gasteiger partial charge in [-0.05, 0) is 12.1 Å². The van der Waals surface area contributed by atoms with Gasteiger partial charge in [0.05, 0.1) is 23.5 Å². The minimum atomic E-state index is -1.06. The highest BCUT2D eigenvalue weighted by Crippen LogP contribution is 2.22. The first-order valence-corrected chi connectivity index (χ1v) is 5.82. The van der Waals surface area contributed by atoms with Crippen molar-refractivity contribution < 1.29 is 19.2 Å². The average molecular weight is 285 g/mol. The molecule has 0 fully saturated rings. The number of hydroxylamine groups is 2. The van der Waals surface area contributed by atoms with Crippen LogP contribution in [-0.4, -0.2) is 32.8 Å². The summed E-state index contributed by atoms with van der Waals surface area (Å²) in [4.78, 5) is 57.3. The molecule has 21 heavy (non-hydrogen) atoms. The zero-order chi connectivity index (χ0) is 15.0. The number of nitrogens with one attached hydrogen (secondary N) is 1. The van der Waals surface area contributed by atoms with Gasteiger partial charge in [-0.15, -0.1) is 0 Å². The van der Waals surface area contributed by atoms with Gasteiger partial charge in [-0.3, -0.25) is 19.4 Å². The number of H-pyrrole nitrogens is 1. The Labute approximate surface area is 116 Å². The lowest BCUT2D eigenvalue weighted by atomic mass is 10.1. The lowest BCUT2D eigenvalue weighted by Crippen LogP contribution is -2.33. The molecule has 1 aliphatic heterocycles. The predicted molar refractivity (Wildman–Crippen MR) is 67.2 cm³/mol. The maximum absolute atomic E-state index is 12.0. The first-order chi connectivity index (χ1) is 10.1. The van der Waals surface area contributed by atoms with Crippen LogP contribution in [0, 0.1) is 0 Å². The van der Waals surface area contributed by atoms with Gasteiger partial charge < -0.3 is 9.82 Å². The van der Waals surface area contributed by atoms with Crippen LogP contribution in [0.15, 0.2) is 41.5 Å². The number of imide groups is 1. The van der Waals surface area contributed by atoms with Crippen LogP contribution in [0.2, 0.25) is 0 Å². The first kappa shape index (κ1) is 12.7. The van der Waals surface area contributed by atoms with E-state index in [2.05, 4.69) is 9.97 Å². The van der Waals surface area contributed by atoms with E-state index in [-0.39, 0.29) is 16.8 Å². The molecule has 1 N–H and O–H groups in total. The van der Waals surface area contributed by atoms with Gasteiger partial charge in [0.15, 0.2) is 0 Å². The monoisotopic (exact) mass is 285 g/mol. The highest BCUT2D eigenvalue weighted by molar-refractivity contribution is 6.21. The summed E-state index contributed by atoms with van der Waals surface area (Å²) in [5.74, 6) is -2.54. The quantitative estimate of drug-likeness (QED) is 0.786. The van der Waals surface area contributed by atoms with E-state index in [0.717, 1.165) is 12.4 Å². The van der Waals surface area contributed by atoms with Gasteiger partial charge in [-0.2, -0.15) is 0 Å². The second-order valence-corrected chi connectivity index (χ2v) is 4.14. The van der Waals surface area contributed by atoms with Gasteiger partial charge in [0.2, 0.25) is 0 Å². The molecule has 0 aliphatic carbocycles. The molecule has 0 radical (unpaired) electrons. The number of hydrogen-bond donors (Lipinski definition) is 1. The molecule has 3 rings (SSSR count). The van der Waals surface area contributed by atoms with Crippen LogP contribution < -0.4 is 5.56 Å². The zero-order valence-electron chi connectivity index (χ0n) is 10.4. The molecule has 8 nitrogen and oxygen atoms in total. The highest BCUT2D eigenvalue weighted by Gasteiger charge is 2.38. The van der Waals surface area contributed by atoms with Crippen molar-refractivity contribution in [1.82, 2.24) is 15.0 Å². The zero-order valence-corrected chi connectivity index (χ0v) is 10.4. The molecular weight excluding hydrogens is 278 g/mol. The summed E-state index contributed by atoms with van der Waals surface area (Å²) in [5.41, 5.74) is -0.573. The Morgan fingerprint density at radius 1 is 1.05 bits per heavy atom. The Balaban J connectivity index is 1.87. The van der Waals surface area contributed by atoms with Crippen LogP contribution in [0.5, 0.6) is 0 Å². The first-order valence-electron chi connectivity index (χ1n) is 5.82. The largest absolute Gasteiger partial charge is 0.381 e. The van der Waals surface area contributed by atoms with Gasteiger partial charge >= 0.3 is 5.97 Å². The Kier molecular flexibility index (Phi) is 2.83. The summed E-state index contributed by atoms with van der Waals surface area (Å²) in [6.45, 7) is 0. The number of amides is 2. The van der Waals surface area contributed by atoms with Crippen LogP contribution in [0.1, 0.15) is 31.2 Å². The number of benzene rings is 1. The van der Waals surface area contributed by atoms with Crippen molar-refractivity contribution in [3.8, 4) is 0 Å². The van der Waals surface area contributed by atoms with Gasteiger partial charge in [0, 0.05) is 0 Å². The molecule has 0 saturated carbocycles. The summed E-state index contributed by atoms with van der Waals surface area (Å²) < 4.78 is 0. The molecule has 0 atom stereocenters. The van der Waals surface area contributed by atoms with E-state index in [0.29, 0.717) is 5.06 Å². The van der Waals surface area contributed by atoms with Crippen LogP contribution in [0.4, 0.5) is 0 Å². The normalized spacial score (nSPS) is 13.2. The predicted octanol–water partition coefficient (Wildman–Crippen LogP) is 0.138. The lowest BCUT2D eigenvalue weighted by molar-refractivity contribution is -0.0589. The molecule has 1 aliphatic rings. The van der Waals surface area contributed by atoms with E-state index in [1.165, 1.54) is 12.1 Å². The number of rotatable bonds is 2. The van der Waals surface area contributed by atoms with Crippen LogP contribution in [-0.2, 0) is 4.84 Å². The minimum Gasteiger partial charge on any atom is -0.323 e. The molecule has 1 aromatic carbocycles. The van der Waals surface area contributed by atoms with Gasteiger partial charge in [-0.25, -0.2) is 4.79 Å². The fourth-order valence-electron chi connectivity index (χ4n) is 1.86. The van der Waals surface area contributed by atoms with E-state index in [4.69, 9.17) is 4.84 Å². The molecule has 2 amide bonds. The van der Waals surface area contributed by atoms with Crippen molar-refractivity contribution in [2.24, 2.45) is 0 Å². The van der Waals surface area contributed by atoms with Gasteiger partial charge in [-0.1, -0.05) is 17.2 Å². The molecule has 0 bridgehead atoms. The standard InChI is InChI=1S/C13H7N3O5/c17-10-6-14-5-9(15-10)13(20)21-16-11(18)7-3-1-2-4-8(7)12(16)19/h1-6H,(H,15,17). The molecule has 0 saturated heterocycles. The summed E-state index contributed by atoms with van der Waals surface area (Å²) in [6, 6.07) is 6.09. The van der Waals surface area contributed by atoms with E-state index < -0.39 is 23.3 Å². The molecule has 0 spiro atoms. The SMILES string of the molecule is O=C(ON1C(=O)c2ccccc2C1=O)c1cncc(=O)[nH]1. The number of aromatic nitrogens is 2. The van der Waals surface area contributed by atoms with Crippen molar-refractivity contribution in [1.29, 1.82) is 0 Å². The van der Waals surface area contributed by atoms with Crippen LogP contribution in [0.3, 0.4) is 0 Å². The van der Waals surface area contributed by atoms with Crippen molar-refractivity contribution >= 4 is 17.8 Å². The molecule has 0 unspecified atom stereocenters. The summed E-state index contributed by atoms with van der Waals surface area (Å²) >= 11 is 0. The minimum absolute atomic E-state index is 0.148. The van der Waals surface area contributed by atoms with E-state index in [1.54, 1.807) is 12.1 Å². The fraction of sp³-hybridized carbons (Fsp3) is 0. The third-order valence-corrected chi connectivity index (χ3v) is 2.80. The summed E-state index contributed by atoms with van der Waals surface area (Å²) in [6.07, 6.45) is 2.03. The maximum atomic E-state index is 12.0. The number of fused-ring (bicyclic) bond motifs is 1. The van der Waals surface area contributed by atoms with E-state index in [1.807, 2.05) is 0 Å². The average Bonchev–Trinajstić information content (AvgIpc) is 2.73. The van der Waals surface area contributed by atoms with Crippen molar-refractivity contribution in [3.63, 3.8) is 0 Å². The van der Waals surface area contributed by atoms with Crippen LogP contribution in [0.25, 0.3) is 0 Å². The summed E-state index contributed by atoms with van der Waals surface area (Å²) in [5, 5.41) is 0.359. The molecule has 104 valence electrons. The Hall–Kier alpha value is -3.29. The Bertz CT molecular complexity index is 791. The van der Waals surface area contributed by atoms with Crippen molar-refractivity contribution in [2.45, 2.75) is 0 Å². The van der Waals surface area contributed by atoms with Gasteiger partial charge in [0.25, 0.3) is 17.4 Å². The lowest BCUT2D eigenvalue weighted by Gasteiger charge is -2.12. The number of nitrogens with zero attached hydrogens (tertiary/aromatic N) is 2. The summed E-state index contributed by atoms with van der Waals surface area (Å²) in [7, 11) is 0. The second-order valence-electron chi connectivity index (χ2n) is 4.14. The third-order valence-electron chi connectivity index (χ3n) is 2.80. The molecule has 2 aromatic rings. The Morgan fingerprint density at radius 2 is 1.67 bits per heavy atom. The van der Waals surface area contributed by atoms with Gasteiger partial charge in [0.1, 0.15) is 5.69 Å². The van der Waals surface area contributed by atoms with E-state index in [9.17, 15) is 19.2 Å². The van der Waals surface area contributed by atoms with Crippen molar-refractivity contribution in [3.05, 3.63) is 63.8 Å². The topological polar surface area (TPSA) is 109 Å².